The number of alkyl halides is 3. The number of fused-ring (bicyclic) bond motifs is 1. The van der Waals surface area contributed by atoms with Gasteiger partial charge in [-0.25, -0.2) is 0 Å². The molecule has 0 amide bonds. The molecule has 2 rings (SSSR count). The molecule has 106 valence electrons. The van der Waals surface area contributed by atoms with Gasteiger partial charge in [0.25, 0.3) is 0 Å². The highest BCUT2D eigenvalue weighted by Crippen LogP contribution is 2.76. The van der Waals surface area contributed by atoms with E-state index in [9.17, 15) is 20.0 Å². The first-order valence-electron chi connectivity index (χ1n) is 5.27. The Kier molecular flexibility index (Phi) is 4.17. The van der Waals surface area contributed by atoms with Gasteiger partial charge in [-0.15, -0.1) is 0 Å². The highest BCUT2D eigenvalue weighted by atomic mass is 127. The van der Waals surface area contributed by atoms with Crippen molar-refractivity contribution in [1.29, 1.82) is 0 Å². The van der Waals surface area contributed by atoms with Crippen LogP contribution < -0.4 is 27.9 Å². The molecule has 8 heteroatoms. The van der Waals surface area contributed by atoms with Crippen LogP contribution in [-0.2, 0) is 2.51 Å². The maximum Gasteiger partial charge on any atom is 0.520 e. The zero-order valence-corrected chi connectivity index (χ0v) is 12.7. The van der Waals surface area contributed by atoms with E-state index in [4.69, 9.17) is 0 Å². The van der Waals surface area contributed by atoms with Crippen LogP contribution in [0.5, 0.6) is 0 Å². The zero-order valence-electron chi connectivity index (χ0n) is 9.74. The molecule has 1 aliphatic heterocycles. The fourth-order valence-corrected chi connectivity index (χ4v) is 7.86. The molecule has 1 aromatic rings. The van der Waals surface area contributed by atoms with Gasteiger partial charge in [0.1, 0.15) is 10.3 Å². The van der Waals surface area contributed by atoms with E-state index >= 15 is 0 Å². The van der Waals surface area contributed by atoms with E-state index in [1.54, 1.807) is 13.0 Å². The predicted octanol–water partition coefficient (Wildman–Crippen LogP) is -0.844. The summed E-state index contributed by atoms with van der Waals surface area (Å²) in [5.74, 6) is 0. The van der Waals surface area contributed by atoms with Crippen LogP contribution in [-0.4, -0.2) is 5.51 Å². The normalized spacial score (nSPS) is 25.9. The Labute approximate surface area is 118 Å². The van der Waals surface area contributed by atoms with Gasteiger partial charge in [0, 0.05) is 12.3 Å². The molecule has 0 fully saturated rings. The van der Waals surface area contributed by atoms with Crippen LogP contribution in [0.15, 0.2) is 34.1 Å². The Hall–Kier alpha value is -0.290. The van der Waals surface area contributed by atoms with Crippen molar-refractivity contribution in [1.82, 2.24) is 0 Å². The van der Waals surface area contributed by atoms with Crippen molar-refractivity contribution in [3.05, 3.63) is 34.7 Å². The number of benzene rings is 1. The van der Waals surface area contributed by atoms with E-state index in [2.05, 4.69) is 2.51 Å². The summed E-state index contributed by atoms with van der Waals surface area (Å²) in [6, 6.07) is 5.88. The van der Waals surface area contributed by atoms with E-state index in [0.717, 1.165) is 0 Å². The number of rotatable bonds is 3. The molecular formula is C11H10F3IO3S. The largest absolute Gasteiger partial charge is 0.520 e. The maximum absolute atomic E-state index is 13.5. The van der Waals surface area contributed by atoms with Crippen LogP contribution >= 0.6 is 10.3 Å². The molecule has 0 aromatic heterocycles. The summed E-state index contributed by atoms with van der Waals surface area (Å²) >= 11 is -4.50. The molecule has 3 nitrogen and oxygen atoms in total. The first-order valence-corrected chi connectivity index (χ1v) is 9.47. The Bertz CT molecular complexity index is 518. The molecule has 1 atom stereocenters. The second kappa shape index (κ2) is 5.24. The van der Waals surface area contributed by atoms with Gasteiger partial charge in [-0.3, -0.25) is 0 Å². The smallest absolute Gasteiger partial charge is 0.395 e. The van der Waals surface area contributed by atoms with Gasteiger partial charge in [-0.05, 0) is 24.1 Å². The minimum atomic E-state index is -4.74. The zero-order chi connectivity index (χ0) is 14.3. The summed E-state index contributed by atoms with van der Waals surface area (Å²) in [5.41, 5.74) is -4.36. The second-order valence-electron chi connectivity index (χ2n) is 3.76. The lowest BCUT2D eigenvalue weighted by molar-refractivity contribution is -1.62. The molecule has 1 aliphatic rings. The molecule has 0 spiro atoms. The number of halogens is 4. The van der Waals surface area contributed by atoms with E-state index in [-0.39, 0.29) is 16.2 Å². The van der Waals surface area contributed by atoms with Gasteiger partial charge in [-0.1, -0.05) is 25.1 Å². The quantitative estimate of drug-likeness (QED) is 0.616. The van der Waals surface area contributed by atoms with Gasteiger partial charge in [0.2, 0.25) is 0 Å². The monoisotopic (exact) mass is 406 g/mol. The SMILES string of the molecule is CCC1=Cc2ccccc2S1(O[I+2]([O-])[O-])C(F)(F)F. The summed E-state index contributed by atoms with van der Waals surface area (Å²) in [4.78, 5) is -0.0800. The van der Waals surface area contributed by atoms with Crippen molar-refractivity contribution >= 4 is 16.4 Å². The predicted molar refractivity (Wildman–Crippen MR) is 57.7 cm³/mol. The van der Waals surface area contributed by atoms with Crippen molar-refractivity contribution in [2.45, 2.75) is 23.7 Å². The third-order valence-corrected chi connectivity index (χ3v) is 8.31. The summed E-state index contributed by atoms with van der Waals surface area (Å²) in [6.07, 6.45) is 1.48. The van der Waals surface area contributed by atoms with Crippen molar-refractivity contribution in [2.24, 2.45) is 0 Å². The molecule has 1 aromatic carbocycles. The molecule has 19 heavy (non-hydrogen) atoms. The molecule has 0 saturated carbocycles. The lowest BCUT2D eigenvalue weighted by Crippen LogP contribution is -3.98. The summed E-state index contributed by atoms with van der Waals surface area (Å²) in [6.45, 7) is 1.56. The lowest BCUT2D eigenvalue weighted by Gasteiger charge is -2.33. The van der Waals surface area contributed by atoms with E-state index in [1.807, 2.05) is 0 Å². The molecule has 1 unspecified atom stereocenters. The summed E-state index contributed by atoms with van der Waals surface area (Å²) < 4.78 is 66.8. The van der Waals surface area contributed by atoms with Gasteiger partial charge in [0.05, 0.1) is 0 Å². The summed E-state index contributed by atoms with van der Waals surface area (Å²) in [5, 5.41) is 0. The van der Waals surface area contributed by atoms with Gasteiger partial charge >= 0.3 is 26.6 Å². The Morgan fingerprint density at radius 3 is 2.42 bits per heavy atom. The molecule has 0 bridgehead atoms. The number of hydrogen-bond donors (Lipinski definition) is 0. The third kappa shape index (κ3) is 2.40. The number of allylic oxidation sites excluding steroid dienone is 1. The van der Waals surface area contributed by atoms with Crippen molar-refractivity contribution in [3.63, 3.8) is 0 Å². The Morgan fingerprint density at radius 1 is 1.26 bits per heavy atom. The molecule has 0 N–H and O–H groups in total. The highest BCUT2D eigenvalue weighted by Gasteiger charge is 2.64. The molecule has 1 heterocycles. The van der Waals surface area contributed by atoms with Crippen LogP contribution in [0.3, 0.4) is 0 Å². The molecule has 0 radical (unpaired) electrons. The minimum Gasteiger partial charge on any atom is -0.395 e. The Balaban J connectivity index is 2.67. The van der Waals surface area contributed by atoms with Crippen LogP contribution in [0, 0.1) is 0 Å². The van der Waals surface area contributed by atoms with E-state index in [1.165, 1.54) is 24.3 Å². The molecular weight excluding hydrogens is 396 g/mol. The first-order chi connectivity index (χ1) is 8.83. The third-order valence-electron chi connectivity index (χ3n) is 2.73. The highest BCUT2D eigenvalue weighted by molar-refractivity contribution is 8.34. The van der Waals surface area contributed by atoms with Crippen LogP contribution in [0.4, 0.5) is 13.2 Å². The minimum absolute atomic E-state index is 0.00444. The van der Waals surface area contributed by atoms with Crippen molar-refractivity contribution in [3.8, 4) is 0 Å². The average molecular weight is 406 g/mol. The average Bonchev–Trinajstić information content (AvgIpc) is 2.63. The standard InChI is InChI=1S/C11H10F3IO3S/c1-2-9-7-8-5-3-4-6-10(8)19(9,11(12,13)14)18-15(16)17/h3-7H,2H2,1H3. The fraction of sp³-hybridized carbons (Fsp3) is 0.273. The van der Waals surface area contributed by atoms with Crippen molar-refractivity contribution in [2.75, 3.05) is 0 Å². The van der Waals surface area contributed by atoms with Gasteiger partial charge in [-0.2, -0.15) is 13.2 Å². The van der Waals surface area contributed by atoms with Gasteiger partial charge in [0.15, 0.2) is 0 Å². The van der Waals surface area contributed by atoms with Crippen LogP contribution in [0.25, 0.3) is 6.08 Å². The fourth-order valence-electron chi connectivity index (χ4n) is 2.03. The Morgan fingerprint density at radius 2 is 1.89 bits per heavy atom. The van der Waals surface area contributed by atoms with E-state index in [0.29, 0.717) is 5.56 Å². The second-order valence-corrected chi connectivity index (χ2v) is 8.58. The van der Waals surface area contributed by atoms with Crippen LogP contribution in [0.2, 0.25) is 0 Å². The first kappa shape index (κ1) is 15.1. The van der Waals surface area contributed by atoms with E-state index < -0.39 is 36.9 Å². The molecule has 0 saturated heterocycles. The van der Waals surface area contributed by atoms with Crippen molar-refractivity contribution < 1.29 is 43.6 Å². The van der Waals surface area contributed by atoms with Crippen LogP contribution in [0.1, 0.15) is 18.9 Å². The molecule has 0 aliphatic carbocycles. The summed E-state index contributed by atoms with van der Waals surface area (Å²) in [7, 11) is -3.92. The van der Waals surface area contributed by atoms with Gasteiger partial charge < -0.3 is 6.87 Å². The maximum atomic E-state index is 13.5. The lowest BCUT2D eigenvalue weighted by atomic mass is 10.2. The topological polar surface area (TPSA) is 55.3 Å². The number of hydrogen-bond acceptors (Lipinski definition) is 3.